The first kappa shape index (κ1) is 14.2. The van der Waals surface area contributed by atoms with Crippen molar-refractivity contribution >= 4 is 11.5 Å². The van der Waals surface area contributed by atoms with Crippen molar-refractivity contribution in [2.75, 3.05) is 0 Å². The van der Waals surface area contributed by atoms with Gasteiger partial charge >= 0.3 is 5.97 Å². The zero-order valence-corrected chi connectivity index (χ0v) is 10.7. The molecule has 0 aromatic heterocycles. The van der Waals surface area contributed by atoms with Gasteiger partial charge in [-0.2, -0.15) is 10.5 Å². The summed E-state index contributed by atoms with van der Waals surface area (Å²) in [5.74, 6) is -0.119. The normalized spacial score (nSPS) is 10.0. The summed E-state index contributed by atoms with van der Waals surface area (Å²) in [5, 5.41) is 18.0. The lowest BCUT2D eigenvalue weighted by Crippen LogP contribution is -1.97. The molecule has 4 heteroatoms. The molecular formula is C15H12N2O2. The van der Waals surface area contributed by atoms with Gasteiger partial charge in [0.2, 0.25) is 0 Å². The van der Waals surface area contributed by atoms with E-state index in [0.717, 1.165) is 0 Å². The monoisotopic (exact) mass is 252 g/mol. The van der Waals surface area contributed by atoms with Crippen LogP contribution in [0.2, 0.25) is 0 Å². The first-order valence-electron chi connectivity index (χ1n) is 5.55. The number of hydrogen-bond acceptors (Lipinski definition) is 4. The molecule has 1 rings (SSSR count). The average Bonchev–Trinajstić information content (AvgIpc) is 2.39. The maximum atomic E-state index is 10.9. The van der Waals surface area contributed by atoms with Gasteiger partial charge in [0.05, 0.1) is 0 Å². The van der Waals surface area contributed by atoms with E-state index >= 15 is 0 Å². The molecule has 0 spiro atoms. The van der Waals surface area contributed by atoms with Crippen LogP contribution < -0.4 is 0 Å². The molecule has 1 aromatic carbocycles. The van der Waals surface area contributed by atoms with Crippen LogP contribution in [0.25, 0.3) is 5.57 Å². The van der Waals surface area contributed by atoms with Crippen molar-refractivity contribution in [3.8, 4) is 12.1 Å². The van der Waals surface area contributed by atoms with Crippen LogP contribution in [0.5, 0.6) is 0 Å². The van der Waals surface area contributed by atoms with Gasteiger partial charge in [0.25, 0.3) is 0 Å². The van der Waals surface area contributed by atoms with Gasteiger partial charge in [0.1, 0.15) is 23.5 Å². The molecule has 0 N–H and O–H groups in total. The Labute approximate surface area is 111 Å². The fraction of sp³-hybridized carbons (Fsp3) is 0.133. The molecule has 0 amide bonds. The SMILES string of the molecule is CC(=O)O/C(C)=C\C(=C(C#N)C#N)c1ccccc1. The Kier molecular flexibility index (Phi) is 5.07. The van der Waals surface area contributed by atoms with Gasteiger partial charge < -0.3 is 4.74 Å². The predicted octanol–water partition coefficient (Wildman–Crippen LogP) is 2.95. The van der Waals surface area contributed by atoms with Crippen molar-refractivity contribution < 1.29 is 9.53 Å². The standard InChI is InChI=1S/C15H12N2O2/c1-11(19-12(2)18)8-15(14(9-16)10-17)13-6-4-3-5-7-13/h3-8H,1-2H3/b11-8-. The number of benzene rings is 1. The molecule has 0 heterocycles. The predicted molar refractivity (Wildman–Crippen MR) is 70.1 cm³/mol. The zero-order chi connectivity index (χ0) is 14.3. The summed E-state index contributed by atoms with van der Waals surface area (Å²) < 4.78 is 4.91. The van der Waals surface area contributed by atoms with Crippen molar-refractivity contribution in [3.63, 3.8) is 0 Å². The smallest absolute Gasteiger partial charge is 0.307 e. The summed E-state index contributed by atoms with van der Waals surface area (Å²) in [6.45, 7) is 2.88. The van der Waals surface area contributed by atoms with Gasteiger partial charge in [-0.15, -0.1) is 0 Å². The number of carbonyl (C=O) groups is 1. The van der Waals surface area contributed by atoms with Crippen LogP contribution in [0, 0.1) is 22.7 Å². The highest BCUT2D eigenvalue weighted by atomic mass is 16.5. The quantitative estimate of drug-likeness (QED) is 0.359. The molecule has 94 valence electrons. The molecule has 0 aliphatic carbocycles. The molecule has 4 nitrogen and oxygen atoms in total. The number of carbonyl (C=O) groups excluding carboxylic acids is 1. The summed E-state index contributed by atoms with van der Waals surface area (Å²) in [6, 6.07) is 12.7. The Morgan fingerprint density at radius 2 is 1.74 bits per heavy atom. The maximum absolute atomic E-state index is 10.9. The molecule has 0 bridgehead atoms. The fourth-order valence-electron chi connectivity index (χ4n) is 1.52. The minimum atomic E-state index is -0.448. The van der Waals surface area contributed by atoms with Crippen molar-refractivity contribution in [1.29, 1.82) is 10.5 Å². The molecule has 1 aromatic rings. The van der Waals surface area contributed by atoms with Gasteiger partial charge in [0.15, 0.2) is 0 Å². The second kappa shape index (κ2) is 6.78. The number of hydrogen-bond donors (Lipinski definition) is 0. The van der Waals surface area contributed by atoms with Gasteiger partial charge in [-0.25, -0.2) is 0 Å². The number of nitriles is 2. The highest BCUT2D eigenvalue weighted by Gasteiger charge is 2.08. The highest BCUT2D eigenvalue weighted by Crippen LogP contribution is 2.21. The first-order valence-corrected chi connectivity index (χ1v) is 5.55. The molecule has 0 atom stereocenters. The fourth-order valence-corrected chi connectivity index (χ4v) is 1.52. The lowest BCUT2D eigenvalue weighted by atomic mass is 10.0. The van der Waals surface area contributed by atoms with E-state index in [2.05, 4.69) is 0 Å². The molecule has 0 aliphatic rings. The maximum Gasteiger partial charge on any atom is 0.307 e. The first-order chi connectivity index (χ1) is 9.08. The minimum Gasteiger partial charge on any atom is -0.432 e. The van der Waals surface area contributed by atoms with Crippen LogP contribution in [0.15, 0.2) is 47.7 Å². The topological polar surface area (TPSA) is 73.9 Å². The van der Waals surface area contributed by atoms with E-state index in [1.165, 1.54) is 13.0 Å². The third-order valence-electron chi connectivity index (χ3n) is 2.23. The Balaban J connectivity index is 3.33. The molecule has 0 aliphatic heterocycles. The summed E-state index contributed by atoms with van der Waals surface area (Å²) in [7, 11) is 0. The third-order valence-corrected chi connectivity index (χ3v) is 2.23. The van der Waals surface area contributed by atoms with Crippen LogP contribution in [0.1, 0.15) is 19.4 Å². The number of allylic oxidation sites excluding steroid dienone is 4. The van der Waals surface area contributed by atoms with Gasteiger partial charge in [-0.05, 0) is 18.6 Å². The van der Waals surface area contributed by atoms with Gasteiger partial charge in [-0.3, -0.25) is 4.79 Å². The third kappa shape index (κ3) is 4.14. The summed E-state index contributed by atoms with van der Waals surface area (Å²) in [4.78, 5) is 10.9. The average molecular weight is 252 g/mol. The van der Waals surface area contributed by atoms with E-state index in [1.807, 2.05) is 18.2 Å². The Hall–Kier alpha value is -2.85. The molecule has 0 saturated carbocycles. The molecule has 0 radical (unpaired) electrons. The Morgan fingerprint density at radius 3 is 2.21 bits per heavy atom. The summed E-state index contributed by atoms with van der Waals surface area (Å²) in [6.07, 6.45) is 1.51. The van der Waals surface area contributed by atoms with E-state index in [0.29, 0.717) is 16.9 Å². The Bertz CT molecular complexity index is 598. The number of esters is 1. The van der Waals surface area contributed by atoms with Crippen LogP contribution >= 0.6 is 0 Å². The van der Waals surface area contributed by atoms with Crippen molar-refractivity contribution in [3.05, 3.63) is 53.3 Å². The highest BCUT2D eigenvalue weighted by molar-refractivity contribution is 5.82. The van der Waals surface area contributed by atoms with E-state index < -0.39 is 5.97 Å². The lowest BCUT2D eigenvalue weighted by Gasteiger charge is -2.05. The van der Waals surface area contributed by atoms with E-state index in [9.17, 15) is 4.79 Å². The molecule has 0 saturated heterocycles. The van der Waals surface area contributed by atoms with Crippen LogP contribution in [0.3, 0.4) is 0 Å². The number of rotatable bonds is 3. The van der Waals surface area contributed by atoms with E-state index in [-0.39, 0.29) is 5.57 Å². The number of nitrogens with zero attached hydrogens (tertiary/aromatic N) is 2. The van der Waals surface area contributed by atoms with Crippen molar-refractivity contribution in [2.45, 2.75) is 13.8 Å². The van der Waals surface area contributed by atoms with Crippen molar-refractivity contribution in [2.24, 2.45) is 0 Å². The Morgan fingerprint density at radius 1 is 1.16 bits per heavy atom. The second-order valence-electron chi connectivity index (χ2n) is 3.73. The summed E-state index contributed by atoms with van der Waals surface area (Å²) >= 11 is 0. The van der Waals surface area contributed by atoms with E-state index in [4.69, 9.17) is 15.3 Å². The zero-order valence-electron chi connectivity index (χ0n) is 10.7. The molecule has 0 fully saturated rings. The van der Waals surface area contributed by atoms with Crippen LogP contribution in [-0.4, -0.2) is 5.97 Å². The van der Waals surface area contributed by atoms with E-state index in [1.54, 1.807) is 31.2 Å². The van der Waals surface area contributed by atoms with Crippen LogP contribution in [-0.2, 0) is 9.53 Å². The molecular weight excluding hydrogens is 240 g/mol. The minimum absolute atomic E-state index is 0.0299. The second-order valence-corrected chi connectivity index (χ2v) is 3.73. The number of ether oxygens (including phenoxy) is 1. The van der Waals surface area contributed by atoms with Crippen LogP contribution in [0.4, 0.5) is 0 Å². The van der Waals surface area contributed by atoms with Crippen molar-refractivity contribution in [1.82, 2.24) is 0 Å². The van der Waals surface area contributed by atoms with Gasteiger partial charge in [-0.1, -0.05) is 30.3 Å². The largest absolute Gasteiger partial charge is 0.432 e. The molecule has 19 heavy (non-hydrogen) atoms. The van der Waals surface area contributed by atoms with Gasteiger partial charge in [0, 0.05) is 12.5 Å². The molecule has 0 unspecified atom stereocenters. The summed E-state index contributed by atoms with van der Waals surface area (Å²) in [5.41, 5.74) is 1.12. The lowest BCUT2D eigenvalue weighted by molar-refractivity contribution is -0.136.